The van der Waals surface area contributed by atoms with Gasteiger partial charge in [0, 0.05) is 36.0 Å². The fourth-order valence-corrected chi connectivity index (χ4v) is 4.04. The molecule has 0 spiro atoms. The average molecular weight is 477 g/mol. The Morgan fingerprint density at radius 1 is 1.11 bits per heavy atom. The number of hydrogen-bond acceptors (Lipinski definition) is 6. The van der Waals surface area contributed by atoms with Gasteiger partial charge in [-0.15, -0.1) is 0 Å². The van der Waals surface area contributed by atoms with Gasteiger partial charge in [-0.1, -0.05) is 24.3 Å². The Hall–Kier alpha value is -3.42. The largest absolute Gasteiger partial charge is 0.508 e. The summed E-state index contributed by atoms with van der Waals surface area (Å²) in [6, 6.07) is 14.8. The minimum Gasteiger partial charge on any atom is -0.508 e. The minimum atomic E-state index is -0.694. The number of nitrogens with one attached hydrogen (secondary N) is 2. The number of aliphatic hydroxyl groups is 1. The first-order chi connectivity index (χ1) is 16.5. The lowest BCUT2D eigenvalue weighted by Crippen LogP contribution is -2.43. The highest BCUT2D eigenvalue weighted by atomic mass is 16.3. The SMILES string of the molecule is Cc1cc(CCNC(=O)c2cccc(CC(C)(C)NCC(O)c3ccc(N)nc3)c2)c(C)cc1O. The van der Waals surface area contributed by atoms with Crippen molar-refractivity contribution < 1.29 is 15.0 Å². The van der Waals surface area contributed by atoms with E-state index in [9.17, 15) is 15.0 Å². The van der Waals surface area contributed by atoms with E-state index < -0.39 is 6.10 Å². The predicted molar refractivity (Wildman–Crippen MR) is 139 cm³/mol. The lowest BCUT2D eigenvalue weighted by molar-refractivity contribution is 0.0954. The zero-order valence-electron chi connectivity index (χ0n) is 20.9. The van der Waals surface area contributed by atoms with E-state index in [0.29, 0.717) is 48.6 Å². The van der Waals surface area contributed by atoms with Gasteiger partial charge in [0.15, 0.2) is 0 Å². The van der Waals surface area contributed by atoms with Crippen LogP contribution in [0.5, 0.6) is 5.75 Å². The summed E-state index contributed by atoms with van der Waals surface area (Å²) >= 11 is 0. The van der Waals surface area contributed by atoms with Crippen molar-refractivity contribution in [3.05, 3.63) is 88.1 Å². The van der Waals surface area contributed by atoms with E-state index in [1.165, 1.54) is 0 Å². The third-order valence-electron chi connectivity index (χ3n) is 6.14. The number of benzene rings is 2. The summed E-state index contributed by atoms with van der Waals surface area (Å²) in [7, 11) is 0. The van der Waals surface area contributed by atoms with Crippen LogP contribution in [0.15, 0.2) is 54.7 Å². The Balaban J connectivity index is 1.54. The lowest BCUT2D eigenvalue weighted by Gasteiger charge is -2.28. The molecule has 1 atom stereocenters. The molecule has 2 aromatic carbocycles. The molecule has 3 rings (SSSR count). The van der Waals surface area contributed by atoms with Gasteiger partial charge >= 0.3 is 0 Å². The number of nitrogens with two attached hydrogens (primary N) is 1. The summed E-state index contributed by atoms with van der Waals surface area (Å²) in [6.45, 7) is 8.84. The van der Waals surface area contributed by atoms with Gasteiger partial charge in [0.05, 0.1) is 6.10 Å². The molecule has 0 aliphatic rings. The van der Waals surface area contributed by atoms with Crippen LogP contribution in [0, 0.1) is 13.8 Å². The number of aliphatic hydroxyl groups excluding tert-OH is 1. The van der Waals surface area contributed by atoms with E-state index in [1.54, 1.807) is 24.4 Å². The van der Waals surface area contributed by atoms with E-state index in [0.717, 1.165) is 22.3 Å². The molecule has 0 saturated heterocycles. The summed E-state index contributed by atoms with van der Waals surface area (Å²) in [6.07, 6.45) is 2.27. The number of hydrogen-bond donors (Lipinski definition) is 5. The second-order valence-corrected chi connectivity index (χ2v) is 9.75. The fraction of sp³-hybridized carbons (Fsp3) is 0.357. The maximum atomic E-state index is 12.7. The van der Waals surface area contributed by atoms with Crippen molar-refractivity contribution in [2.45, 2.75) is 52.2 Å². The minimum absolute atomic E-state index is 0.114. The molecule has 1 aromatic heterocycles. The average Bonchev–Trinajstić information content (AvgIpc) is 2.81. The van der Waals surface area contributed by atoms with Crippen molar-refractivity contribution >= 4 is 11.7 Å². The smallest absolute Gasteiger partial charge is 0.251 e. The Morgan fingerprint density at radius 3 is 2.60 bits per heavy atom. The van der Waals surface area contributed by atoms with Gasteiger partial charge in [0.1, 0.15) is 11.6 Å². The molecule has 0 bridgehead atoms. The van der Waals surface area contributed by atoms with Crippen molar-refractivity contribution in [2.75, 3.05) is 18.8 Å². The second kappa shape index (κ2) is 11.3. The maximum absolute atomic E-state index is 12.7. The van der Waals surface area contributed by atoms with E-state index in [2.05, 4.69) is 29.5 Å². The number of pyridine rings is 1. The Bertz CT molecular complexity index is 1160. The number of carbonyl (C=O) groups excluding carboxylic acids is 1. The molecule has 0 fully saturated rings. The predicted octanol–water partition coefficient (Wildman–Crippen LogP) is 3.60. The molecule has 186 valence electrons. The Morgan fingerprint density at radius 2 is 1.89 bits per heavy atom. The van der Waals surface area contributed by atoms with Gasteiger partial charge in [-0.2, -0.15) is 0 Å². The Kier molecular flexibility index (Phi) is 8.48. The number of β-amino-alcohol motifs (C(OH)–C–C–N with tert-alkyl or cyclic N) is 1. The van der Waals surface area contributed by atoms with Crippen LogP contribution in [0.2, 0.25) is 0 Å². The monoisotopic (exact) mass is 476 g/mol. The number of rotatable bonds is 10. The van der Waals surface area contributed by atoms with Crippen LogP contribution in [0.25, 0.3) is 0 Å². The second-order valence-electron chi connectivity index (χ2n) is 9.75. The molecule has 0 saturated carbocycles. The first-order valence-corrected chi connectivity index (χ1v) is 11.8. The summed E-state index contributed by atoms with van der Waals surface area (Å²) in [4.78, 5) is 16.8. The summed E-state index contributed by atoms with van der Waals surface area (Å²) in [5.41, 5.74) is 10.6. The number of aromatic nitrogens is 1. The van der Waals surface area contributed by atoms with Crippen LogP contribution >= 0.6 is 0 Å². The van der Waals surface area contributed by atoms with Crippen molar-refractivity contribution in [1.29, 1.82) is 0 Å². The van der Waals surface area contributed by atoms with Gasteiger partial charge in [0.2, 0.25) is 0 Å². The number of phenols is 1. The number of amides is 1. The summed E-state index contributed by atoms with van der Waals surface area (Å²) in [5.74, 6) is 0.599. The van der Waals surface area contributed by atoms with Crippen molar-refractivity contribution in [1.82, 2.24) is 15.6 Å². The number of carbonyl (C=O) groups is 1. The fourth-order valence-electron chi connectivity index (χ4n) is 4.04. The molecular formula is C28H36N4O3. The van der Waals surface area contributed by atoms with Crippen LogP contribution in [0.1, 0.15) is 58.1 Å². The molecule has 1 unspecified atom stereocenters. The van der Waals surface area contributed by atoms with Crippen molar-refractivity contribution in [2.24, 2.45) is 0 Å². The molecule has 6 N–H and O–H groups in total. The molecule has 0 aliphatic heterocycles. The maximum Gasteiger partial charge on any atom is 0.251 e. The van der Waals surface area contributed by atoms with E-state index >= 15 is 0 Å². The number of nitrogen functional groups attached to an aromatic ring is 1. The van der Waals surface area contributed by atoms with Crippen LogP contribution in [-0.4, -0.2) is 39.7 Å². The number of phenolic OH excluding ortho intramolecular Hbond substituents is 1. The van der Waals surface area contributed by atoms with Crippen molar-refractivity contribution in [3.63, 3.8) is 0 Å². The topological polar surface area (TPSA) is 120 Å². The highest BCUT2D eigenvalue weighted by molar-refractivity contribution is 5.94. The highest BCUT2D eigenvalue weighted by Gasteiger charge is 2.20. The number of aryl methyl sites for hydroxylation is 2. The zero-order chi connectivity index (χ0) is 25.6. The normalized spacial score (nSPS) is 12.4. The molecule has 0 radical (unpaired) electrons. The molecule has 0 aliphatic carbocycles. The van der Waals surface area contributed by atoms with E-state index in [-0.39, 0.29) is 11.4 Å². The van der Waals surface area contributed by atoms with Gasteiger partial charge in [-0.05, 0) is 87.1 Å². The van der Waals surface area contributed by atoms with Crippen LogP contribution < -0.4 is 16.4 Å². The van der Waals surface area contributed by atoms with E-state index in [1.807, 2.05) is 44.2 Å². The lowest BCUT2D eigenvalue weighted by atomic mass is 9.93. The van der Waals surface area contributed by atoms with Crippen molar-refractivity contribution in [3.8, 4) is 5.75 Å². The Labute approximate surface area is 207 Å². The van der Waals surface area contributed by atoms with Gasteiger partial charge in [0.25, 0.3) is 5.91 Å². The number of anilines is 1. The molecule has 1 heterocycles. The van der Waals surface area contributed by atoms with Crippen LogP contribution in [-0.2, 0) is 12.8 Å². The van der Waals surface area contributed by atoms with Gasteiger partial charge in [-0.25, -0.2) is 4.98 Å². The van der Waals surface area contributed by atoms with Gasteiger partial charge in [-0.3, -0.25) is 4.79 Å². The molecular weight excluding hydrogens is 440 g/mol. The highest BCUT2D eigenvalue weighted by Crippen LogP contribution is 2.21. The molecule has 1 amide bonds. The summed E-state index contributed by atoms with van der Waals surface area (Å²) in [5, 5.41) is 26.7. The zero-order valence-corrected chi connectivity index (χ0v) is 20.9. The molecule has 3 aromatic rings. The molecule has 7 heteroatoms. The van der Waals surface area contributed by atoms with Crippen LogP contribution in [0.4, 0.5) is 5.82 Å². The standard InChI is InChI=1S/C28H36N4O3/c1-18-13-24(33)19(2)12-21(18)10-11-30-27(35)22-7-5-6-20(14-22)15-28(3,4)32-17-25(34)23-8-9-26(29)31-16-23/h5-9,12-14,16,25,32-34H,10-11,15,17H2,1-4H3,(H2,29,31)(H,30,35). The third kappa shape index (κ3) is 7.53. The van der Waals surface area contributed by atoms with Crippen LogP contribution in [0.3, 0.4) is 0 Å². The molecule has 7 nitrogen and oxygen atoms in total. The molecule has 35 heavy (non-hydrogen) atoms. The first kappa shape index (κ1) is 26.2. The third-order valence-corrected chi connectivity index (χ3v) is 6.14. The number of nitrogens with zero attached hydrogens (tertiary/aromatic N) is 1. The quantitative estimate of drug-likeness (QED) is 0.305. The number of aromatic hydroxyl groups is 1. The first-order valence-electron chi connectivity index (χ1n) is 11.8. The summed E-state index contributed by atoms with van der Waals surface area (Å²) < 4.78 is 0. The van der Waals surface area contributed by atoms with E-state index in [4.69, 9.17) is 5.73 Å². The van der Waals surface area contributed by atoms with Gasteiger partial charge < -0.3 is 26.6 Å².